The molecule has 0 aromatic rings. The summed E-state index contributed by atoms with van der Waals surface area (Å²) in [5.74, 6) is -0.917. The van der Waals surface area contributed by atoms with Gasteiger partial charge < -0.3 is 9.47 Å². The quantitative estimate of drug-likeness (QED) is 0.613. The third-order valence-corrected chi connectivity index (χ3v) is 1.96. The molecule has 0 saturated heterocycles. The third kappa shape index (κ3) is 4.84. The standard InChI is InChI=1S/C10H18O4/c1-4-8(5-2)10(12)14-7-9(11)13-6-3/h8H,4-7H2,1-3H3. The zero-order chi connectivity index (χ0) is 11.0. The number of carbonyl (C=O) groups excluding carboxylic acids is 2. The van der Waals surface area contributed by atoms with E-state index in [2.05, 4.69) is 4.74 Å². The van der Waals surface area contributed by atoms with Crippen LogP contribution in [-0.4, -0.2) is 25.2 Å². The first-order chi connectivity index (χ1) is 6.65. The predicted octanol–water partition coefficient (Wildman–Crippen LogP) is 1.53. The van der Waals surface area contributed by atoms with Crippen LogP contribution in [0.4, 0.5) is 0 Å². The average Bonchev–Trinajstić information content (AvgIpc) is 2.17. The molecule has 0 aliphatic rings. The molecule has 0 atom stereocenters. The summed E-state index contributed by atoms with van der Waals surface area (Å²) in [6.07, 6.45) is 1.47. The Morgan fingerprint density at radius 3 is 2.07 bits per heavy atom. The molecule has 0 rings (SSSR count). The molecule has 0 radical (unpaired) electrons. The third-order valence-electron chi connectivity index (χ3n) is 1.96. The maximum absolute atomic E-state index is 11.3. The van der Waals surface area contributed by atoms with Crippen LogP contribution in [0.25, 0.3) is 0 Å². The molecule has 4 heteroatoms. The molecule has 4 nitrogen and oxygen atoms in total. The molecule has 0 bridgehead atoms. The van der Waals surface area contributed by atoms with Crippen molar-refractivity contribution in [3.63, 3.8) is 0 Å². The molecule has 0 fully saturated rings. The Labute approximate surface area is 84.6 Å². The minimum Gasteiger partial charge on any atom is -0.463 e. The Kier molecular flexibility index (Phi) is 6.80. The lowest BCUT2D eigenvalue weighted by molar-refractivity contribution is -0.161. The molecule has 0 amide bonds. The Balaban J connectivity index is 3.77. The highest BCUT2D eigenvalue weighted by atomic mass is 16.6. The normalized spacial score (nSPS) is 10.0. The molecule has 0 saturated carbocycles. The van der Waals surface area contributed by atoms with Crippen molar-refractivity contribution in [2.75, 3.05) is 13.2 Å². The highest BCUT2D eigenvalue weighted by Gasteiger charge is 2.16. The minimum atomic E-state index is -0.494. The van der Waals surface area contributed by atoms with Crippen LogP contribution >= 0.6 is 0 Å². The molecule has 82 valence electrons. The molecular formula is C10H18O4. The van der Waals surface area contributed by atoms with E-state index in [4.69, 9.17) is 4.74 Å². The molecule has 0 heterocycles. The van der Waals surface area contributed by atoms with Gasteiger partial charge in [-0.15, -0.1) is 0 Å². The van der Waals surface area contributed by atoms with E-state index in [9.17, 15) is 9.59 Å². The van der Waals surface area contributed by atoms with Crippen molar-refractivity contribution in [1.29, 1.82) is 0 Å². The van der Waals surface area contributed by atoms with Crippen molar-refractivity contribution in [1.82, 2.24) is 0 Å². The van der Waals surface area contributed by atoms with Gasteiger partial charge in [-0.3, -0.25) is 4.79 Å². The van der Waals surface area contributed by atoms with E-state index >= 15 is 0 Å². The Morgan fingerprint density at radius 2 is 1.64 bits per heavy atom. The average molecular weight is 202 g/mol. The fourth-order valence-electron chi connectivity index (χ4n) is 1.07. The van der Waals surface area contributed by atoms with Gasteiger partial charge in [0.25, 0.3) is 0 Å². The summed E-state index contributed by atoms with van der Waals surface area (Å²) in [7, 11) is 0. The second kappa shape index (κ2) is 7.35. The van der Waals surface area contributed by atoms with E-state index < -0.39 is 5.97 Å². The summed E-state index contributed by atoms with van der Waals surface area (Å²) in [5, 5.41) is 0. The topological polar surface area (TPSA) is 52.6 Å². The molecule has 0 aromatic carbocycles. The highest BCUT2D eigenvalue weighted by molar-refractivity contribution is 5.77. The summed E-state index contributed by atoms with van der Waals surface area (Å²) in [5.41, 5.74) is 0. The second-order valence-electron chi connectivity index (χ2n) is 2.93. The number of rotatable bonds is 6. The molecule has 14 heavy (non-hydrogen) atoms. The number of ether oxygens (including phenoxy) is 2. The van der Waals surface area contributed by atoms with Crippen molar-refractivity contribution in [2.45, 2.75) is 33.6 Å². The molecule has 0 aliphatic heterocycles. The second-order valence-corrected chi connectivity index (χ2v) is 2.93. The summed E-state index contributed by atoms with van der Waals surface area (Å²) in [6, 6.07) is 0. The molecular weight excluding hydrogens is 184 g/mol. The molecule has 0 aliphatic carbocycles. The van der Waals surface area contributed by atoms with Gasteiger partial charge in [-0.2, -0.15) is 0 Å². The summed E-state index contributed by atoms with van der Waals surface area (Å²) < 4.78 is 9.41. The SMILES string of the molecule is CCOC(=O)COC(=O)C(CC)CC. The van der Waals surface area contributed by atoms with Crippen LogP contribution in [-0.2, 0) is 19.1 Å². The van der Waals surface area contributed by atoms with Crippen LogP contribution in [0.15, 0.2) is 0 Å². The van der Waals surface area contributed by atoms with Crippen molar-refractivity contribution >= 4 is 11.9 Å². The summed E-state index contributed by atoms with van der Waals surface area (Å²) >= 11 is 0. The van der Waals surface area contributed by atoms with E-state index in [1.807, 2.05) is 13.8 Å². The number of esters is 2. The zero-order valence-corrected chi connectivity index (χ0v) is 9.04. The van der Waals surface area contributed by atoms with Gasteiger partial charge in [-0.1, -0.05) is 13.8 Å². The zero-order valence-electron chi connectivity index (χ0n) is 9.04. The van der Waals surface area contributed by atoms with Gasteiger partial charge in [-0.05, 0) is 19.8 Å². The van der Waals surface area contributed by atoms with Crippen molar-refractivity contribution in [2.24, 2.45) is 5.92 Å². The van der Waals surface area contributed by atoms with Crippen molar-refractivity contribution < 1.29 is 19.1 Å². The maximum atomic E-state index is 11.3. The smallest absolute Gasteiger partial charge is 0.344 e. The number of hydrogen-bond acceptors (Lipinski definition) is 4. The molecule has 0 unspecified atom stereocenters. The van der Waals surface area contributed by atoms with E-state index in [0.29, 0.717) is 6.61 Å². The van der Waals surface area contributed by atoms with Gasteiger partial charge in [0.1, 0.15) is 0 Å². The van der Waals surface area contributed by atoms with Gasteiger partial charge in [0.2, 0.25) is 0 Å². The van der Waals surface area contributed by atoms with E-state index in [1.165, 1.54) is 0 Å². The first-order valence-electron chi connectivity index (χ1n) is 4.97. The van der Waals surface area contributed by atoms with Crippen molar-refractivity contribution in [3.8, 4) is 0 Å². The largest absolute Gasteiger partial charge is 0.463 e. The number of hydrogen-bond donors (Lipinski definition) is 0. The van der Waals surface area contributed by atoms with E-state index in [1.54, 1.807) is 6.92 Å². The number of carbonyl (C=O) groups is 2. The Bertz CT molecular complexity index is 185. The van der Waals surface area contributed by atoms with Crippen LogP contribution in [0, 0.1) is 5.92 Å². The van der Waals surface area contributed by atoms with Crippen LogP contribution in [0.1, 0.15) is 33.6 Å². The van der Waals surface area contributed by atoms with Gasteiger partial charge in [-0.25, -0.2) is 4.79 Å². The summed E-state index contributed by atoms with van der Waals surface area (Å²) in [4.78, 5) is 22.1. The van der Waals surface area contributed by atoms with Gasteiger partial charge in [0, 0.05) is 0 Å². The summed E-state index contributed by atoms with van der Waals surface area (Å²) in [6.45, 7) is 5.57. The molecule has 0 spiro atoms. The van der Waals surface area contributed by atoms with Gasteiger partial charge in [0.15, 0.2) is 6.61 Å². The van der Waals surface area contributed by atoms with Crippen LogP contribution in [0.2, 0.25) is 0 Å². The lowest BCUT2D eigenvalue weighted by atomic mass is 10.0. The lowest BCUT2D eigenvalue weighted by Crippen LogP contribution is -2.21. The van der Waals surface area contributed by atoms with Crippen LogP contribution in [0.5, 0.6) is 0 Å². The van der Waals surface area contributed by atoms with Gasteiger partial charge in [0.05, 0.1) is 12.5 Å². The lowest BCUT2D eigenvalue weighted by Gasteiger charge is -2.10. The fraction of sp³-hybridized carbons (Fsp3) is 0.800. The van der Waals surface area contributed by atoms with Crippen LogP contribution in [0.3, 0.4) is 0 Å². The Morgan fingerprint density at radius 1 is 1.07 bits per heavy atom. The van der Waals surface area contributed by atoms with E-state index in [0.717, 1.165) is 12.8 Å². The highest BCUT2D eigenvalue weighted by Crippen LogP contribution is 2.09. The minimum absolute atomic E-state index is 0.107. The van der Waals surface area contributed by atoms with Crippen molar-refractivity contribution in [3.05, 3.63) is 0 Å². The fourth-order valence-corrected chi connectivity index (χ4v) is 1.07. The Hall–Kier alpha value is -1.06. The van der Waals surface area contributed by atoms with E-state index in [-0.39, 0.29) is 18.5 Å². The molecule has 0 aromatic heterocycles. The predicted molar refractivity (Wildman–Crippen MR) is 51.7 cm³/mol. The molecule has 0 N–H and O–H groups in total. The van der Waals surface area contributed by atoms with Crippen LogP contribution < -0.4 is 0 Å². The first kappa shape index (κ1) is 12.9. The maximum Gasteiger partial charge on any atom is 0.344 e. The van der Waals surface area contributed by atoms with Gasteiger partial charge >= 0.3 is 11.9 Å². The monoisotopic (exact) mass is 202 g/mol. The first-order valence-corrected chi connectivity index (χ1v) is 4.97.